The fraction of sp³-hybridized carbons (Fsp3) is 0.190. The molecular formula is C21H20N4O3. The van der Waals surface area contributed by atoms with Crippen LogP contribution in [0.15, 0.2) is 60.8 Å². The van der Waals surface area contributed by atoms with Crippen molar-refractivity contribution >= 4 is 23.3 Å². The first-order chi connectivity index (χ1) is 13.6. The van der Waals surface area contributed by atoms with Gasteiger partial charge in [-0.25, -0.2) is 4.68 Å². The van der Waals surface area contributed by atoms with Gasteiger partial charge in [-0.3, -0.25) is 9.59 Å². The third-order valence-corrected chi connectivity index (χ3v) is 4.72. The molecule has 0 saturated carbocycles. The number of benzene rings is 2. The van der Waals surface area contributed by atoms with E-state index >= 15 is 0 Å². The molecule has 142 valence electrons. The summed E-state index contributed by atoms with van der Waals surface area (Å²) < 4.78 is 6.90. The molecule has 2 N–H and O–H groups in total. The summed E-state index contributed by atoms with van der Waals surface area (Å²) in [7, 11) is 1.57. The van der Waals surface area contributed by atoms with Gasteiger partial charge in [0.1, 0.15) is 11.6 Å². The Bertz CT molecular complexity index is 1010. The molecule has 0 saturated heterocycles. The summed E-state index contributed by atoms with van der Waals surface area (Å²) in [5, 5.41) is 10.1. The number of carbonyl (C=O) groups is 2. The first-order valence-electron chi connectivity index (χ1n) is 9.00. The van der Waals surface area contributed by atoms with Gasteiger partial charge in [-0.2, -0.15) is 5.10 Å². The second-order valence-electron chi connectivity index (χ2n) is 6.63. The summed E-state index contributed by atoms with van der Waals surface area (Å²) in [5.41, 5.74) is 2.48. The number of hydrogen-bond acceptors (Lipinski definition) is 4. The number of carbonyl (C=O) groups excluding carboxylic acids is 2. The van der Waals surface area contributed by atoms with Crippen LogP contribution in [-0.2, 0) is 16.1 Å². The van der Waals surface area contributed by atoms with Crippen molar-refractivity contribution in [2.45, 2.75) is 13.0 Å². The maximum atomic E-state index is 12.6. The summed E-state index contributed by atoms with van der Waals surface area (Å²) in [5.74, 6) is 0.434. The number of fused-ring (bicyclic) bond motifs is 1. The summed E-state index contributed by atoms with van der Waals surface area (Å²) in [6, 6.07) is 16.9. The van der Waals surface area contributed by atoms with E-state index in [4.69, 9.17) is 4.74 Å². The number of amides is 2. The van der Waals surface area contributed by atoms with Gasteiger partial charge in [-0.05, 0) is 17.7 Å². The first-order valence-corrected chi connectivity index (χ1v) is 9.00. The zero-order valence-corrected chi connectivity index (χ0v) is 15.4. The lowest BCUT2D eigenvalue weighted by Gasteiger charge is -2.24. The highest BCUT2D eigenvalue weighted by atomic mass is 16.5. The Morgan fingerprint density at radius 2 is 2.07 bits per heavy atom. The molecule has 1 atom stereocenters. The van der Waals surface area contributed by atoms with Gasteiger partial charge in [0.15, 0.2) is 0 Å². The molecule has 1 aromatic heterocycles. The highest BCUT2D eigenvalue weighted by Crippen LogP contribution is 2.31. The molecule has 28 heavy (non-hydrogen) atoms. The van der Waals surface area contributed by atoms with Crippen LogP contribution in [0.4, 0.5) is 11.5 Å². The molecule has 7 nitrogen and oxygen atoms in total. The van der Waals surface area contributed by atoms with E-state index in [-0.39, 0.29) is 18.2 Å². The van der Waals surface area contributed by atoms with E-state index in [0.29, 0.717) is 23.8 Å². The minimum atomic E-state index is -0.485. The molecule has 1 aliphatic rings. The largest absolute Gasteiger partial charge is 0.497 e. The van der Waals surface area contributed by atoms with Crippen molar-refractivity contribution in [1.29, 1.82) is 0 Å². The van der Waals surface area contributed by atoms with Crippen LogP contribution in [0.5, 0.6) is 5.75 Å². The lowest BCUT2D eigenvalue weighted by atomic mass is 10.0. The fourth-order valence-corrected chi connectivity index (χ4v) is 3.29. The average Bonchev–Trinajstić information content (AvgIpc) is 3.11. The molecule has 2 heterocycles. The summed E-state index contributed by atoms with van der Waals surface area (Å²) in [6.07, 6.45) is 1.81. The molecule has 2 amide bonds. The lowest BCUT2D eigenvalue weighted by molar-refractivity contribution is -0.125. The van der Waals surface area contributed by atoms with Gasteiger partial charge < -0.3 is 15.4 Å². The number of methoxy groups -OCH3 is 1. The molecule has 4 rings (SSSR count). The van der Waals surface area contributed by atoms with Crippen molar-refractivity contribution in [3.8, 4) is 16.9 Å². The number of nitrogens with zero attached hydrogens (tertiary/aromatic N) is 2. The predicted octanol–water partition coefficient (Wildman–Crippen LogP) is 3.16. The Hall–Kier alpha value is -3.61. The zero-order valence-electron chi connectivity index (χ0n) is 15.4. The van der Waals surface area contributed by atoms with Crippen LogP contribution in [-0.4, -0.2) is 28.7 Å². The Balaban J connectivity index is 1.46. The third-order valence-electron chi connectivity index (χ3n) is 4.72. The zero-order chi connectivity index (χ0) is 19.5. The smallest absolute Gasteiger partial charge is 0.231 e. The molecule has 0 bridgehead atoms. The lowest BCUT2D eigenvalue weighted by Crippen LogP contribution is -2.36. The SMILES string of the molecule is COc1cccc(NC(=O)CC2Cn3ncc(-c4ccccc4)c3NC2=O)c1. The monoisotopic (exact) mass is 376 g/mol. The number of anilines is 2. The van der Waals surface area contributed by atoms with E-state index in [9.17, 15) is 9.59 Å². The van der Waals surface area contributed by atoms with Crippen molar-refractivity contribution < 1.29 is 14.3 Å². The second kappa shape index (κ2) is 7.56. The van der Waals surface area contributed by atoms with Gasteiger partial charge in [0.2, 0.25) is 11.8 Å². The molecule has 1 unspecified atom stereocenters. The molecule has 0 spiro atoms. The normalized spacial score (nSPS) is 15.5. The number of nitrogens with one attached hydrogen (secondary N) is 2. The average molecular weight is 376 g/mol. The van der Waals surface area contributed by atoms with E-state index in [1.807, 2.05) is 30.3 Å². The molecule has 1 aliphatic heterocycles. The standard InChI is InChI=1S/C21H20N4O3/c1-28-17-9-5-8-16(11-17)23-19(26)10-15-13-25-20(24-21(15)27)18(12-22-25)14-6-3-2-4-7-14/h2-9,11-12,15H,10,13H2,1H3,(H,23,26)(H,24,27). The first kappa shape index (κ1) is 17.8. The molecule has 0 radical (unpaired) electrons. The summed E-state index contributed by atoms with van der Waals surface area (Å²) in [4.78, 5) is 25.0. The fourth-order valence-electron chi connectivity index (χ4n) is 3.29. The number of hydrogen-bond donors (Lipinski definition) is 2. The van der Waals surface area contributed by atoms with Gasteiger partial charge in [-0.15, -0.1) is 0 Å². The topological polar surface area (TPSA) is 85.2 Å². The van der Waals surface area contributed by atoms with E-state index in [2.05, 4.69) is 15.7 Å². The van der Waals surface area contributed by atoms with Crippen LogP contribution in [0, 0.1) is 5.92 Å². The quantitative estimate of drug-likeness (QED) is 0.716. The van der Waals surface area contributed by atoms with Crippen molar-refractivity contribution in [1.82, 2.24) is 9.78 Å². The third kappa shape index (κ3) is 3.59. The highest BCUT2D eigenvalue weighted by Gasteiger charge is 2.30. The van der Waals surface area contributed by atoms with Gasteiger partial charge >= 0.3 is 0 Å². The van der Waals surface area contributed by atoms with Crippen molar-refractivity contribution in [2.75, 3.05) is 17.7 Å². The van der Waals surface area contributed by atoms with Crippen molar-refractivity contribution in [2.24, 2.45) is 5.92 Å². The van der Waals surface area contributed by atoms with Gasteiger partial charge in [0.05, 0.1) is 25.8 Å². The van der Waals surface area contributed by atoms with Crippen LogP contribution in [0.2, 0.25) is 0 Å². The van der Waals surface area contributed by atoms with E-state index in [0.717, 1.165) is 11.1 Å². The van der Waals surface area contributed by atoms with Crippen LogP contribution in [0.3, 0.4) is 0 Å². The Kier molecular flexibility index (Phi) is 4.80. The molecule has 0 fully saturated rings. The minimum Gasteiger partial charge on any atom is -0.497 e. The van der Waals surface area contributed by atoms with Crippen LogP contribution in [0.25, 0.3) is 11.1 Å². The van der Waals surface area contributed by atoms with E-state index in [1.54, 1.807) is 42.3 Å². The predicted molar refractivity (Wildman–Crippen MR) is 106 cm³/mol. The van der Waals surface area contributed by atoms with Crippen LogP contribution >= 0.6 is 0 Å². The molecule has 0 aliphatic carbocycles. The highest BCUT2D eigenvalue weighted by molar-refractivity contribution is 6.00. The van der Waals surface area contributed by atoms with E-state index < -0.39 is 5.92 Å². The Labute approximate surface area is 162 Å². The molecule has 3 aromatic rings. The molecule has 7 heteroatoms. The second-order valence-corrected chi connectivity index (χ2v) is 6.63. The minimum absolute atomic E-state index is 0.0724. The van der Waals surface area contributed by atoms with Gasteiger partial charge in [0.25, 0.3) is 0 Å². The Morgan fingerprint density at radius 3 is 2.86 bits per heavy atom. The van der Waals surface area contributed by atoms with Gasteiger partial charge in [0, 0.05) is 23.7 Å². The van der Waals surface area contributed by atoms with Crippen molar-refractivity contribution in [3.63, 3.8) is 0 Å². The van der Waals surface area contributed by atoms with E-state index in [1.165, 1.54) is 0 Å². The van der Waals surface area contributed by atoms with Crippen LogP contribution in [0.1, 0.15) is 6.42 Å². The van der Waals surface area contributed by atoms with Crippen LogP contribution < -0.4 is 15.4 Å². The number of ether oxygens (including phenoxy) is 1. The van der Waals surface area contributed by atoms with Gasteiger partial charge in [-0.1, -0.05) is 36.4 Å². The number of aromatic nitrogens is 2. The summed E-state index contributed by atoms with van der Waals surface area (Å²) in [6.45, 7) is 0.361. The maximum absolute atomic E-state index is 12.6. The Morgan fingerprint density at radius 1 is 1.25 bits per heavy atom. The number of rotatable bonds is 5. The summed E-state index contributed by atoms with van der Waals surface area (Å²) >= 11 is 0. The molecular weight excluding hydrogens is 356 g/mol. The molecule has 2 aromatic carbocycles. The van der Waals surface area contributed by atoms with Crippen molar-refractivity contribution in [3.05, 3.63) is 60.8 Å². The maximum Gasteiger partial charge on any atom is 0.231 e.